The molecule has 0 spiro atoms. The van der Waals surface area contributed by atoms with Crippen LogP contribution in [0.25, 0.3) is 0 Å². The van der Waals surface area contributed by atoms with Crippen LogP contribution >= 0.6 is 23.5 Å². The summed E-state index contributed by atoms with van der Waals surface area (Å²) in [5.74, 6) is 0. The first-order valence-corrected chi connectivity index (χ1v) is 19.9. The van der Waals surface area contributed by atoms with E-state index in [1.807, 2.05) is 6.11 Å². The van der Waals surface area contributed by atoms with Gasteiger partial charge in [-0.15, -0.1) is 0 Å². The van der Waals surface area contributed by atoms with E-state index in [4.69, 9.17) is 57.3 Å². The van der Waals surface area contributed by atoms with Gasteiger partial charge in [0.25, 0.3) is 0 Å². The van der Waals surface area contributed by atoms with Crippen molar-refractivity contribution in [2.24, 2.45) is 0 Å². The average molecular weight is 768 g/mol. The van der Waals surface area contributed by atoms with Gasteiger partial charge in [0.2, 0.25) is 0 Å². The number of aliphatic hydroxyl groups excluding tert-OH is 3. The summed E-state index contributed by atoms with van der Waals surface area (Å²) < 4.78 is 94.4. The van der Waals surface area contributed by atoms with E-state index < -0.39 is 111 Å². The Labute approximate surface area is 287 Å². The highest BCUT2D eigenvalue weighted by atomic mass is 31.2. The molecule has 0 aliphatic carbocycles. The zero-order valence-corrected chi connectivity index (χ0v) is 30.7. The Balaban J connectivity index is 2.06. The summed E-state index contributed by atoms with van der Waals surface area (Å²) in [5.41, 5.74) is 0. The molecule has 6 N–H and O–H groups in total. The third kappa shape index (κ3) is 15.2. The van der Waals surface area contributed by atoms with Gasteiger partial charge in [0, 0.05) is 6.00 Å². The van der Waals surface area contributed by atoms with Crippen LogP contribution < -0.4 is 0 Å². The summed E-state index contributed by atoms with van der Waals surface area (Å²) >= 11 is 0. The molecule has 2 heterocycles. The third-order valence-electron chi connectivity index (χ3n) is 7.22. The molecule has 2 rings (SSSR count). The Morgan fingerprint density at radius 2 is 1.39 bits per heavy atom. The van der Waals surface area contributed by atoms with Gasteiger partial charge in [0.1, 0.15) is 79.5 Å². The fourth-order valence-corrected chi connectivity index (χ4v) is 7.20. The Morgan fingerprint density at radius 1 is 0.857 bits per heavy atom. The molecule has 0 radical (unpaired) electrons. The number of terminal acetylenes is 1. The van der Waals surface area contributed by atoms with Gasteiger partial charge in [-0.25, -0.2) is 13.7 Å². The first-order chi connectivity index (χ1) is 22.7. The second-order valence-corrected chi connectivity index (χ2v) is 15.5. The van der Waals surface area contributed by atoms with E-state index in [-0.39, 0.29) is 12.6 Å². The van der Waals surface area contributed by atoms with E-state index in [0.29, 0.717) is 12.8 Å². The molecule has 20 nitrogen and oxygen atoms in total. The van der Waals surface area contributed by atoms with Gasteiger partial charge >= 0.3 is 23.5 Å². The first kappa shape index (κ1) is 44.8. The van der Waals surface area contributed by atoms with E-state index in [9.17, 15) is 43.7 Å². The Kier molecular flexibility index (Phi) is 18.4. The molecular formula is C23H46B3O20P3. The van der Waals surface area contributed by atoms with Gasteiger partial charge in [-0.1, -0.05) is 20.3 Å². The summed E-state index contributed by atoms with van der Waals surface area (Å²) in [6, 6.07) is -2.07. The van der Waals surface area contributed by atoms with E-state index >= 15 is 0 Å². The largest absolute Gasteiger partial charge is 0.474 e. The Morgan fingerprint density at radius 3 is 1.92 bits per heavy atom. The highest BCUT2D eigenvalue weighted by Gasteiger charge is 2.48. The zero-order chi connectivity index (χ0) is 37.2. The van der Waals surface area contributed by atoms with Gasteiger partial charge in [-0.2, -0.15) is 0 Å². The van der Waals surface area contributed by atoms with Crippen molar-refractivity contribution in [2.45, 2.75) is 107 Å². The van der Waals surface area contributed by atoms with Gasteiger partial charge in [0.15, 0.2) is 12.6 Å². The summed E-state index contributed by atoms with van der Waals surface area (Å²) in [7, 11) is -10.5. The van der Waals surface area contributed by atoms with Crippen molar-refractivity contribution in [3.05, 3.63) is 0 Å². The Hall–Kier alpha value is -0.395. The van der Waals surface area contributed by atoms with Crippen LogP contribution in [0.5, 0.6) is 0 Å². The van der Waals surface area contributed by atoms with Crippen molar-refractivity contribution in [1.82, 2.24) is 0 Å². The molecule has 2 fully saturated rings. The third-order valence-corrected chi connectivity index (χ3v) is 10.2. The van der Waals surface area contributed by atoms with E-state index in [1.54, 1.807) is 29.5 Å². The molecule has 7 unspecified atom stereocenters. The molecule has 2 aliphatic heterocycles. The van der Waals surface area contributed by atoms with Crippen molar-refractivity contribution >= 4 is 47.0 Å². The van der Waals surface area contributed by atoms with Crippen LogP contribution in [0, 0.1) is 12.5 Å². The van der Waals surface area contributed by atoms with Crippen molar-refractivity contribution < 1.29 is 94.5 Å². The van der Waals surface area contributed by atoms with Crippen molar-refractivity contribution in [2.75, 3.05) is 26.4 Å². The maximum atomic E-state index is 12.9. The van der Waals surface area contributed by atoms with Crippen molar-refractivity contribution in [1.29, 1.82) is 0 Å². The smallest absolute Gasteiger partial charge is 0.441 e. The fourth-order valence-electron chi connectivity index (χ4n) is 4.50. The molecule has 26 heteroatoms. The molecule has 0 amide bonds. The SMILES string of the molecule is B[C@@H]1O[C@H](CC)C(OP(=O)(O)OCC(OC[C@H](C)OC#C)OP(=O)(O)OC[C@H]2O[C@@H](B)[C@@H](O)C2OP(=O)(O)OCC(O)O[C@@H](B)CC)[C@@H]1O. The maximum Gasteiger partial charge on any atom is 0.474 e. The fraction of sp³-hybridized carbons (Fsp3) is 0.913. The molecule has 49 heavy (non-hydrogen) atoms. The molecule has 0 aromatic carbocycles. The molecular weight excluding hydrogens is 722 g/mol. The summed E-state index contributed by atoms with van der Waals surface area (Å²) in [6.07, 6.45) is -4.12. The van der Waals surface area contributed by atoms with Gasteiger partial charge in [0.05, 0.1) is 31.3 Å². The summed E-state index contributed by atoms with van der Waals surface area (Å²) in [6.45, 7) is 2.01. The molecule has 0 aromatic rings. The maximum absolute atomic E-state index is 12.9. The average Bonchev–Trinajstić information content (AvgIpc) is 3.44. The lowest BCUT2D eigenvalue weighted by atomic mass is 9.93. The summed E-state index contributed by atoms with van der Waals surface area (Å²) in [4.78, 5) is 31.0. The molecule has 0 saturated carbocycles. The number of rotatable bonds is 23. The van der Waals surface area contributed by atoms with Crippen LogP contribution in [-0.2, 0) is 64.5 Å². The number of ether oxygens (including phenoxy) is 5. The zero-order valence-electron chi connectivity index (χ0n) is 28.0. The van der Waals surface area contributed by atoms with Crippen LogP contribution in [0.4, 0.5) is 0 Å². The quantitative estimate of drug-likeness (QED) is 0.0262. The van der Waals surface area contributed by atoms with Crippen molar-refractivity contribution in [3.63, 3.8) is 0 Å². The lowest BCUT2D eigenvalue weighted by Gasteiger charge is -2.26. The molecule has 2 aliphatic rings. The predicted octanol–water partition coefficient (Wildman–Crippen LogP) is -2.99. The lowest BCUT2D eigenvalue weighted by Crippen LogP contribution is -2.37. The predicted molar refractivity (Wildman–Crippen MR) is 174 cm³/mol. The summed E-state index contributed by atoms with van der Waals surface area (Å²) in [5, 5.41) is 30.7. The van der Waals surface area contributed by atoms with E-state index in [1.165, 1.54) is 14.8 Å². The van der Waals surface area contributed by atoms with Gasteiger partial charge < -0.3 is 53.7 Å². The van der Waals surface area contributed by atoms with E-state index in [2.05, 4.69) is 0 Å². The second kappa shape index (κ2) is 20.2. The van der Waals surface area contributed by atoms with Crippen LogP contribution in [0.15, 0.2) is 0 Å². The highest BCUT2D eigenvalue weighted by molar-refractivity contribution is 7.48. The van der Waals surface area contributed by atoms with Gasteiger partial charge in [-0.3, -0.25) is 27.1 Å². The van der Waals surface area contributed by atoms with Crippen molar-refractivity contribution in [3.8, 4) is 12.5 Å². The molecule has 0 bridgehead atoms. The minimum absolute atomic E-state index is 0.338. The van der Waals surface area contributed by atoms with E-state index in [0.717, 1.165) is 0 Å². The molecule has 2 saturated heterocycles. The van der Waals surface area contributed by atoms with Crippen LogP contribution in [0.1, 0.15) is 33.6 Å². The molecule has 15 atom stereocenters. The number of aliphatic hydroxyl groups is 3. The standard InChI is InChI=1S/C23H46B3O20P3/c1-5-13-20(18(28)22(25)41-13)45-49(34,35)40-11-17(37-8-12(4)36-7-3)44-47(30,31)38-9-14-21(19(29)23(26)42-14)46-48(32,33)39-10-16(27)43-15(24)6-2/h3,12-23,27-29H,5-6,8-11,24-26H2,1-2,4H3,(H,30,31)(H,32,33)(H,34,35)/t12-,13+,14+,15+,16?,17?,18-,19-,20?,21?,22+,23+/m0/s1. The first-order valence-electron chi connectivity index (χ1n) is 15.4. The minimum Gasteiger partial charge on any atom is -0.441 e. The molecule has 282 valence electrons. The molecule has 0 aromatic heterocycles. The number of hydrogen-bond donors (Lipinski definition) is 6. The van der Waals surface area contributed by atoms with Gasteiger partial charge in [-0.05, 0) is 19.8 Å². The second-order valence-electron chi connectivity index (χ2n) is 11.3. The van der Waals surface area contributed by atoms with Crippen LogP contribution in [0.3, 0.4) is 0 Å². The lowest BCUT2D eigenvalue weighted by molar-refractivity contribution is -0.138. The number of phosphoric acid groups is 3. The highest BCUT2D eigenvalue weighted by Crippen LogP contribution is 2.51. The van der Waals surface area contributed by atoms with Crippen LogP contribution in [0.2, 0.25) is 0 Å². The minimum atomic E-state index is -5.17. The normalized spacial score (nSPS) is 33.4. The topological polar surface area (TPSA) is 274 Å². The Bertz CT molecular complexity index is 1200. The monoisotopic (exact) mass is 768 g/mol. The number of phosphoric ester groups is 3. The van der Waals surface area contributed by atoms with Crippen LogP contribution in [-0.4, -0.2) is 153 Å². The number of hydrogen-bond acceptors (Lipinski definition) is 17.